The smallest absolute Gasteiger partial charge is 0.132 e. The second-order valence-corrected chi connectivity index (χ2v) is 6.41. The minimum absolute atomic E-state index is 0.732. The van der Waals surface area contributed by atoms with Crippen molar-refractivity contribution in [2.24, 2.45) is 0 Å². The Morgan fingerprint density at radius 2 is 2.25 bits per heavy atom. The Bertz CT molecular complexity index is 418. The minimum Gasteiger partial charge on any atom is -0.352 e. The van der Waals surface area contributed by atoms with Gasteiger partial charge in [0.25, 0.3) is 0 Å². The number of thioether (sulfide) groups is 1. The molecule has 1 aromatic heterocycles. The van der Waals surface area contributed by atoms with Gasteiger partial charge in [0.1, 0.15) is 12.1 Å². The molecular weight excluding hydrogens is 218 g/mol. The second kappa shape index (κ2) is 3.36. The van der Waals surface area contributed by atoms with Crippen molar-refractivity contribution < 1.29 is 0 Å². The standard InChI is InChI=1S/C12H15N3S/c1-2-8(1)11-4-12(14-7-13-11)15-5-10-3-9(15)6-16-10/h4,7-10H,1-3,5-6H2/t9-,10+/m0/s1. The Morgan fingerprint density at radius 3 is 2.94 bits per heavy atom. The van der Waals surface area contributed by atoms with E-state index >= 15 is 0 Å². The molecule has 16 heavy (non-hydrogen) atoms. The van der Waals surface area contributed by atoms with Crippen LogP contribution in [0.1, 0.15) is 30.9 Å². The molecule has 4 rings (SSSR count). The fourth-order valence-corrected chi connectivity index (χ4v) is 4.24. The van der Waals surface area contributed by atoms with Crippen molar-refractivity contribution in [1.29, 1.82) is 0 Å². The van der Waals surface area contributed by atoms with Crippen LogP contribution in [0.25, 0.3) is 0 Å². The first-order valence-corrected chi connectivity index (χ1v) is 7.15. The Morgan fingerprint density at radius 1 is 1.31 bits per heavy atom. The van der Waals surface area contributed by atoms with Gasteiger partial charge in [-0.2, -0.15) is 11.8 Å². The fourth-order valence-electron chi connectivity index (χ4n) is 2.80. The van der Waals surface area contributed by atoms with E-state index in [4.69, 9.17) is 0 Å². The summed E-state index contributed by atoms with van der Waals surface area (Å²) in [5.74, 6) is 3.19. The van der Waals surface area contributed by atoms with Crippen LogP contribution in [0.5, 0.6) is 0 Å². The second-order valence-electron chi connectivity index (χ2n) is 5.07. The van der Waals surface area contributed by atoms with Crippen molar-refractivity contribution in [2.75, 3.05) is 17.2 Å². The average Bonchev–Trinajstić information content (AvgIpc) is 2.98. The molecule has 3 heterocycles. The van der Waals surface area contributed by atoms with Gasteiger partial charge in [0, 0.05) is 41.3 Å². The molecule has 1 aromatic rings. The number of anilines is 1. The zero-order valence-corrected chi connectivity index (χ0v) is 9.99. The van der Waals surface area contributed by atoms with Gasteiger partial charge in [0.05, 0.1) is 0 Å². The van der Waals surface area contributed by atoms with Gasteiger partial charge in [-0.05, 0) is 19.3 Å². The van der Waals surface area contributed by atoms with Crippen molar-refractivity contribution >= 4 is 17.6 Å². The van der Waals surface area contributed by atoms with Crippen LogP contribution in [0, 0.1) is 0 Å². The molecule has 2 atom stereocenters. The summed E-state index contributed by atoms with van der Waals surface area (Å²) in [5, 5.41) is 0.851. The Hall–Kier alpha value is -0.770. The Balaban J connectivity index is 1.64. The van der Waals surface area contributed by atoms with Gasteiger partial charge in [-0.3, -0.25) is 0 Å². The van der Waals surface area contributed by atoms with Crippen LogP contribution < -0.4 is 4.90 Å². The first-order valence-electron chi connectivity index (χ1n) is 6.10. The summed E-state index contributed by atoms with van der Waals surface area (Å²) < 4.78 is 0. The van der Waals surface area contributed by atoms with E-state index in [1.165, 1.54) is 43.1 Å². The molecule has 0 N–H and O–H groups in total. The first kappa shape index (κ1) is 9.28. The molecule has 2 aliphatic heterocycles. The summed E-state index contributed by atoms with van der Waals surface area (Å²) in [4.78, 5) is 11.3. The summed E-state index contributed by atoms with van der Waals surface area (Å²) in [6, 6.07) is 2.96. The fraction of sp³-hybridized carbons (Fsp3) is 0.667. The molecule has 0 amide bonds. The summed E-state index contributed by atoms with van der Waals surface area (Å²) in [7, 11) is 0. The van der Waals surface area contributed by atoms with E-state index in [0.717, 1.165) is 17.2 Å². The van der Waals surface area contributed by atoms with Gasteiger partial charge in [-0.15, -0.1) is 0 Å². The third-order valence-electron chi connectivity index (χ3n) is 3.86. The van der Waals surface area contributed by atoms with Crippen LogP contribution in [0.15, 0.2) is 12.4 Å². The third kappa shape index (κ3) is 1.43. The maximum Gasteiger partial charge on any atom is 0.132 e. The highest BCUT2D eigenvalue weighted by Crippen LogP contribution is 2.42. The molecule has 2 bridgehead atoms. The number of hydrogen-bond acceptors (Lipinski definition) is 4. The molecule has 1 saturated carbocycles. The summed E-state index contributed by atoms with van der Waals surface area (Å²) in [6.07, 6.45) is 5.74. The normalized spacial score (nSPS) is 32.4. The van der Waals surface area contributed by atoms with Gasteiger partial charge in [0.15, 0.2) is 0 Å². The topological polar surface area (TPSA) is 29.0 Å². The first-order chi connectivity index (χ1) is 7.90. The van der Waals surface area contributed by atoms with Crippen LogP contribution >= 0.6 is 11.8 Å². The quantitative estimate of drug-likeness (QED) is 0.782. The third-order valence-corrected chi connectivity index (χ3v) is 5.25. The Labute approximate surface area is 99.7 Å². The van der Waals surface area contributed by atoms with Gasteiger partial charge in [-0.25, -0.2) is 9.97 Å². The van der Waals surface area contributed by atoms with Crippen molar-refractivity contribution in [3.8, 4) is 0 Å². The Kier molecular flexibility index (Phi) is 1.95. The van der Waals surface area contributed by atoms with E-state index in [0.29, 0.717) is 0 Å². The molecule has 2 saturated heterocycles. The number of aromatic nitrogens is 2. The zero-order valence-electron chi connectivity index (χ0n) is 9.17. The lowest BCUT2D eigenvalue weighted by Crippen LogP contribution is -2.34. The van der Waals surface area contributed by atoms with Gasteiger partial charge < -0.3 is 4.90 Å². The predicted octanol–water partition coefficient (Wildman–Crippen LogP) is 2.05. The summed E-state index contributed by atoms with van der Waals surface area (Å²) in [6.45, 7) is 1.19. The highest BCUT2D eigenvalue weighted by Gasteiger charge is 2.39. The van der Waals surface area contributed by atoms with Crippen molar-refractivity contribution in [3.63, 3.8) is 0 Å². The monoisotopic (exact) mass is 233 g/mol. The van der Waals surface area contributed by atoms with Gasteiger partial charge >= 0.3 is 0 Å². The lowest BCUT2D eigenvalue weighted by Gasteiger charge is -2.27. The van der Waals surface area contributed by atoms with Crippen LogP contribution in [0.2, 0.25) is 0 Å². The van der Waals surface area contributed by atoms with E-state index in [1.807, 2.05) is 0 Å². The molecule has 3 aliphatic rings. The van der Waals surface area contributed by atoms with E-state index in [1.54, 1.807) is 6.33 Å². The maximum atomic E-state index is 4.46. The molecular formula is C12H15N3S. The molecule has 0 radical (unpaired) electrons. The van der Waals surface area contributed by atoms with Crippen LogP contribution in [-0.4, -0.2) is 33.6 Å². The van der Waals surface area contributed by atoms with E-state index in [2.05, 4.69) is 32.7 Å². The average molecular weight is 233 g/mol. The molecule has 3 nitrogen and oxygen atoms in total. The van der Waals surface area contributed by atoms with Gasteiger partial charge in [-0.1, -0.05) is 0 Å². The molecule has 84 valence electrons. The van der Waals surface area contributed by atoms with E-state index < -0.39 is 0 Å². The van der Waals surface area contributed by atoms with Crippen molar-refractivity contribution in [1.82, 2.24) is 9.97 Å². The van der Waals surface area contributed by atoms with Crippen LogP contribution in [0.4, 0.5) is 5.82 Å². The summed E-state index contributed by atoms with van der Waals surface area (Å²) in [5.41, 5.74) is 1.26. The number of fused-ring (bicyclic) bond motifs is 2. The minimum atomic E-state index is 0.732. The van der Waals surface area contributed by atoms with E-state index in [-0.39, 0.29) is 0 Å². The lowest BCUT2D eigenvalue weighted by molar-refractivity contribution is 0.748. The number of hydrogen-bond donors (Lipinski definition) is 0. The van der Waals surface area contributed by atoms with Gasteiger partial charge in [0.2, 0.25) is 0 Å². The number of rotatable bonds is 2. The largest absolute Gasteiger partial charge is 0.352 e. The molecule has 0 unspecified atom stereocenters. The predicted molar refractivity (Wildman–Crippen MR) is 66.0 cm³/mol. The van der Waals surface area contributed by atoms with Crippen molar-refractivity contribution in [3.05, 3.63) is 18.1 Å². The molecule has 0 aromatic carbocycles. The van der Waals surface area contributed by atoms with Crippen molar-refractivity contribution in [2.45, 2.75) is 36.5 Å². The highest BCUT2D eigenvalue weighted by atomic mass is 32.2. The van der Waals surface area contributed by atoms with E-state index in [9.17, 15) is 0 Å². The molecule has 1 aliphatic carbocycles. The molecule has 4 heteroatoms. The zero-order chi connectivity index (χ0) is 10.5. The summed E-state index contributed by atoms with van der Waals surface area (Å²) >= 11 is 2.13. The SMILES string of the molecule is c1nc(C2CC2)cc(N2C[C@H]3C[C@H]2CS3)n1. The molecule has 0 spiro atoms. The van der Waals surface area contributed by atoms with Crippen LogP contribution in [-0.2, 0) is 0 Å². The van der Waals surface area contributed by atoms with Crippen LogP contribution in [0.3, 0.4) is 0 Å². The maximum absolute atomic E-state index is 4.46. The lowest BCUT2D eigenvalue weighted by atomic mass is 10.2. The number of nitrogens with zero attached hydrogens (tertiary/aromatic N) is 3. The molecule has 3 fully saturated rings. The highest BCUT2D eigenvalue weighted by molar-refractivity contribution is 8.00.